The number of nitrogens with two attached hydrogens (primary N) is 1. The van der Waals surface area contributed by atoms with Crippen molar-refractivity contribution >= 4 is 21.7 Å². The SMILES string of the molecule is CC(C)Cc1cc2c3ccncc3c(=O)n(C)c2cc1OCC(N)CC(C)C. The maximum absolute atomic E-state index is 12.8. The first-order valence-corrected chi connectivity index (χ1v) is 10.1. The van der Waals surface area contributed by atoms with Crippen LogP contribution in [0.3, 0.4) is 0 Å². The Kier molecular flexibility index (Phi) is 6.04. The third kappa shape index (κ3) is 4.20. The van der Waals surface area contributed by atoms with Gasteiger partial charge in [-0.1, -0.05) is 27.7 Å². The van der Waals surface area contributed by atoms with Gasteiger partial charge in [0.15, 0.2) is 0 Å². The molecule has 0 spiro atoms. The molecule has 5 nitrogen and oxygen atoms in total. The molecule has 0 bridgehead atoms. The highest BCUT2D eigenvalue weighted by atomic mass is 16.5. The van der Waals surface area contributed by atoms with Gasteiger partial charge in [0.1, 0.15) is 12.4 Å². The summed E-state index contributed by atoms with van der Waals surface area (Å²) >= 11 is 0. The normalized spacial score (nSPS) is 13.0. The van der Waals surface area contributed by atoms with Crippen LogP contribution in [0.15, 0.2) is 35.4 Å². The van der Waals surface area contributed by atoms with Crippen LogP contribution in [0.4, 0.5) is 0 Å². The Morgan fingerprint density at radius 3 is 2.54 bits per heavy atom. The summed E-state index contributed by atoms with van der Waals surface area (Å²) in [5.41, 5.74) is 8.19. The fourth-order valence-electron chi connectivity index (χ4n) is 3.80. The highest BCUT2D eigenvalue weighted by molar-refractivity contribution is 6.05. The van der Waals surface area contributed by atoms with Gasteiger partial charge in [-0.25, -0.2) is 0 Å². The van der Waals surface area contributed by atoms with Gasteiger partial charge in [0.25, 0.3) is 5.56 Å². The Hall–Kier alpha value is -2.40. The quantitative estimate of drug-likeness (QED) is 0.627. The van der Waals surface area contributed by atoms with Crippen LogP contribution in [-0.2, 0) is 13.5 Å². The summed E-state index contributed by atoms with van der Waals surface area (Å²) in [7, 11) is 1.80. The van der Waals surface area contributed by atoms with Gasteiger partial charge in [0, 0.05) is 36.9 Å². The number of benzene rings is 1. The van der Waals surface area contributed by atoms with Crippen molar-refractivity contribution in [2.45, 2.75) is 46.6 Å². The third-order valence-corrected chi connectivity index (χ3v) is 5.04. The van der Waals surface area contributed by atoms with E-state index in [4.69, 9.17) is 10.5 Å². The summed E-state index contributed by atoms with van der Waals surface area (Å²) < 4.78 is 7.84. The van der Waals surface area contributed by atoms with E-state index >= 15 is 0 Å². The number of fused-ring (bicyclic) bond motifs is 3. The monoisotopic (exact) mass is 381 g/mol. The van der Waals surface area contributed by atoms with E-state index in [1.807, 2.05) is 12.1 Å². The summed E-state index contributed by atoms with van der Waals surface area (Å²) in [5, 5.41) is 2.62. The minimum atomic E-state index is -0.0466. The van der Waals surface area contributed by atoms with Crippen LogP contribution in [0.2, 0.25) is 0 Å². The number of hydrogen-bond acceptors (Lipinski definition) is 4. The van der Waals surface area contributed by atoms with E-state index in [9.17, 15) is 4.79 Å². The zero-order chi connectivity index (χ0) is 20.4. The first-order valence-electron chi connectivity index (χ1n) is 10.1. The van der Waals surface area contributed by atoms with Gasteiger partial charge < -0.3 is 15.0 Å². The summed E-state index contributed by atoms with van der Waals surface area (Å²) in [5.74, 6) is 1.85. The molecule has 0 amide bonds. The Bertz CT molecular complexity index is 1040. The zero-order valence-electron chi connectivity index (χ0n) is 17.5. The van der Waals surface area contributed by atoms with Crippen LogP contribution >= 0.6 is 0 Å². The molecule has 0 aliphatic heterocycles. The van der Waals surface area contributed by atoms with Gasteiger partial charge in [0.05, 0.1) is 10.9 Å². The first kappa shape index (κ1) is 20.3. The number of nitrogens with zero attached hydrogens (tertiary/aromatic N) is 2. The molecular formula is C23H31N3O2. The molecule has 0 saturated carbocycles. The van der Waals surface area contributed by atoms with E-state index in [1.165, 1.54) is 0 Å². The van der Waals surface area contributed by atoms with E-state index in [1.54, 1.807) is 24.0 Å². The van der Waals surface area contributed by atoms with Crippen LogP contribution in [0.25, 0.3) is 21.7 Å². The lowest BCUT2D eigenvalue weighted by Gasteiger charge is -2.19. The minimum Gasteiger partial charge on any atom is -0.492 e. The van der Waals surface area contributed by atoms with Gasteiger partial charge in [0.2, 0.25) is 0 Å². The van der Waals surface area contributed by atoms with E-state index in [0.29, 0.717) is 23.8 Å². The molecule has 0 saturated heterocycles. The molecule has 0 radical (unpaired) electrons. The second kappa shape index (κ2) is 8.31. The lowest BCUT2D eigenvalue weighted by molar-refractivity contribution is 0.268. The van der Waals surface area contributed by atoms with Crippen molar-refractivity contribution in [3.8, 4) is 5.75 Å². The van der Waals surface area contributed by atoms with Crippen molar-refractivity contribution in [1.82, 2.24) is 9.55 Å². The van der Waals surface area contributed by atoms with Crippen LogP contribution in [-0.4, -0.2) is 22.2 Å². The highest BCUT2D eigenvalue weighted by Crippen LogP contribution is 2.31. The van der Waals surface area contributed by atoms with Crippen LogP contribution < -0.4 is 16.0 Å². The van der Waals surface area contributed by atoms with Crippen LogP contribution in [0.1, 0.15) is 39.7 Å². The van der Waals surface area contributed by atoms with Crippen molar-refractivity contribution in [2.75, 3.05) is 6.61 Å². The van der Waals surface area contributed by atoms with Crippen molar-refractivity contribution in [1.29, 1.82) is 0 Å². The second-order valence-electron chi connectivity index (χ2n) is 8.56. The molecule has 5 heteroatoms. The highest BCUT2D eigenvalue weighted by Gasteiger charge is 2.15. The number of rotatable bonds is 7. The lowest BCUT2D eigenvalue weighted by Crippen LogP contribution is -2.29. The zero-order valence-corrected chi connectivity index (χ0v) is 17.5. The molecule has 0 aliphatic rings. The summed E-state index contributed by atoms with van der Waals surface area (Å²) in [6.07, 6.45) is 5.20. The summed E-state index contributed by atoms with van der Waals surface area (Å²) in [6.45, 7) is 9.19. The smallest absolute Gasteiger partial charge is 0.260 e. The topological polar surface area (TPSA) is 70.1 Å². The molecule has 1 aromatic carbocycles. The van der Waals surface area contributed by atoms with Gasteiger partial charge in [-0.05, 0) is 47.8 Å². The van der Waals surface area contributed by atoms with Gasteiger partial charge in [-0.15, -0.1) is 0 Å². The van der Waals surface area contributed by atoms with Gasteiger partial charge in [-0.2, -0.15) is 0 Å². The molecule has 0 fully saturated rings. The largest absolute Gasteiger partial charge is 0.492 e. The maximum atomic E-state index is 12.8. The van der Waals surface area contributed by atoms with Crippen molar-refractivity contribution in [3.05, 3.63) is 46.5 Å². The molecule has 28 heavy (non-hydrogen) atoms. The average molecular weight is 382 g/mol. The number of ether oxygens (including phenoxy) is 1. The van der Waals surface area contributed by atoms with Crippen molar-refractivity contribution < 1.29 is 4.74 Å². The molecule has 3 rings (SSSR count). The van der Waals surface area contributed by atoms with E-state index < -0.39 is 0 Å². The predicted octanol–water partition coefficient (Wildman–Crippen LogP) is 4.04. The van der Waals surface area contributed by atoms with E-state index in [2.05, 4.69) is 38.7 Å². The van der Waals surface area contributed by atoms with Crippen LogP contribution in [0.5, 0.6) is 5.75 Å². The molecule has 150 valence electrons. The fraction of sp³-hybridized carbons (Fsp3) is 0.478. The Morgan fingerprint density at radius 2 is 1.86 bits per heavy atom. The van der Waals surface area contributed by atoms with Gasteiger partial charge in [-0.3, -0.25) is 9.78 Å². The lowest BCUT2D eigenvalue weighted by atomic mass is 9.98. The third-order valence-electron chi connectivity index (χ3n) is 5.04. The van der Waals surface area contributed by atoms with E-state index in [-0.39, 0.29) is 11.6 Å². The molecule has 2 N–H and O–H groups in total. The van der Waals surface area contributed by atoms with Crippen LogP contribution in [0, 0.1) is 11.8 Å². The standard InChI is InChI=1S/C23H31N3O2/c1-14(2)8-16-10-19-18-6-7-25-12-20(18)23(27)26(5)21(19)11-22(16)28-13-17(24)9-15(3)4/h6-7,10-12,14-15,17H,8-9,13,24H2,1-5H3. The molecule has 1 unspecified atom stereocenters. The minimum absolute atomic E-state index is 0.00547. The molecule has 3 aromatic rings. The number of pyridine rings is 2. The van der Waals surface area contributed by atoms with Crippen molar-refractivity contribution in [2.24, 2.45) is 24.6 Å². The predicted molar refractivity (Wildman–Crippen MR) is 116 cm³/mol. The summed E-state index contributed by atoms with van der Waals surface area (Å²) in [6, 6.07) is 6.07. The number of aromatic nitrogens is 2. The molecule has 2 heterocycles. The molecule has 2 aromatic heterocycles. The maximum Gasteiger partial charge on any atom is 0.260 e. The van der Waals surface area contributed by atoms with Gasteiger partial charge >= 0.3 is 0 Å². The summed E-state index contributed by atoms with van der Waals surface area (Å²) in [4.78, 5) is 16.9. The van der Waals surface area contributed by atoms with Crippen molar-refractivity contribution in [3.63, 3.8) is 0 Å². The average Bonchev–Trinajstić information content (AvgIpc) is 2.63. The number of hydrogen-bond donors (Lipinski definition) is 1. The van der Waals surface area contributed by atoms with E-state index in [0.717, 1.165) is 40.4 Å². The fourth-order valence-corrected chi connectivity index (χ4v) is 3.80. The Morgan fingerprint density at radius 1 is 1.11 bits per heavy atom. The first-order chi connectivity index (χ1) is 13.3. The molecular weight excluding hydrogens is 350 g/mol. The Labute approximate surface area is 166 Å². The second-order valence-corrected chi connectivity index (χ2v) is 8.56. The molecule has 1 atom stereocenters. The Balaban J connectivity index is 2.13. The number of aryl methyl sites for hydroxylation is 1. The molecule has 0 aliphatic carbocycles.